The van der Waals surface area contributed by atoms with Crippen molar-refractivity contribution in [3.8, 4) is 33.4 Å². The van der Waals surface area contributed by atoms with E-state index in [1.165, 1.54) is 97.7 Å². The van der Waals surface area contributed by atoms with Gasteiger partial charge in [-0.2, -0.15) is 0 Å². The van der Waals surface area contributed by atoms with E-state index in [1.54, 1.807) is 0 Å². The van der Waals surface area contributed by atoms with Crippen LogP contribution in [0.15, 0.2) is 171 Å². The van der Waals surface area contributed by atoms with E-state index in [9.17, 15) is 0 Å². The molecule has 12 aromatic rings. The molecule has 7 heteroatoms. The number of benzene rings is 9. The lowest BCUT2D eigenvalue weighted by molar-refractivity contribution is 0.652. The van der Waals surface area contributed by atoms with Crippen molar-refractivity contribution in [2.24, 2.45) is 0 Å². The smallest absolute Gasteiger partial charge is 0.149 e. The van der Waals surface area contributed by atoms with Crippen molar-refractivity contribution >= 4 is 126 Å². The van der Waals surface area contributed by atoms with Crippen molar-refractivity contribution in [2.45, 2.75) is 57.8 Å². The number of halogens is 4. The molecule has 342 valence electrons. The fourth-order valence-corrected chi connectivity index (χ4v) is 14.2. The number of furan rings is 2. The molecule has 15 rings (SSSR count). The summed E-state index contributed by atoms with van der Waals surface area (Å²) in [5.74, 6) is 0. The SMILES string of the molecule is CC1(C)c2cc(Cl)ccc2-c2c1ccc1c2oc2c(Br)cccc21.CC1(C)c2cc(Cl)ccc2-c2c1ccc1c2oc2ccccc21.CC1(C)c2cc(Cl)ccc2-c2c1ccc1c2sc2ccccc21. The van der Waals surface area contributed by atoms with Crippen LogP contribution < -0.4 is 0 Å². The summed E-state index contributed by atoms with van der Waals surface area (Å²) in [6, 6.07) is 55.2. The van der Waals surface area contributed by atoms with Crippen LogP contribution in [-0.4, -0.2) is 0 Å². The summed E-state index contributed by atoms with van der Waals surface area (Å²) in [7, 11) is 0. The van der Waals surface area contributed by atoms with Crippen molar-refractivity contribution in [1.29, 1.82) is 0 Å². The second-order valence-electron chi connectivity index (χ2n) is 20.5. The fraction of sp³-hybridized carbons (Fsp3) is 0.143. The first-order valence-corrected chi connectivity index (χ1v) is 26.3. The minimum atomic E-state index is -0.0834. The summed E-state index contributed by atoms with van der Waals surface area (Å²) < 4.78 is 16.3. The zero-order valence-corrected chi connectivity index (χ0v) is 43.9. The van der Waals surface area contributed by atoms with Gasteiger partial charge in [0.25, 0.3) is 0 Å². The minimum Gasteiger partial charge on any atom is -0.455 e. The second-order valence-corrected chi connectivity index (χ2v) is 23.7. The standard InChI is InChI=1S/C21H14BrClO.C21H15ClO.C21H15ClS/c1-21(2)15-9-8-13-12-4-3-5-17(22)19(12)24-20(13)18(15)14-7-6-11(23)10-16(14)21;2*1-21(2)16-10-9-14-13-5-3-4-6-18(13)23-20(14)19(16)15-8-7-12(22)11-17(15)21/h3-10H,1-2H3;2*3-11H,1-2H3. The zero-order valence-electron chi connectivity index (χ0n) is 39.2. The molecule has 0 saturated heterocycles. The summed E-state index contributed by atoms with van der Waals surface area (Å²) in [4.78, 5) is 0. The average molecular weight is 1050 g/mol. The quantitative estimate of drug-likeness (QED) is 0.151. The topological polar surface area (TPSA) is 26.3 Å². The Morgan fingerprint density at radius 1 is 0.386 bits per heavy atom. The maximum Gasteiger partial charge on any atom is 0.149 e. The molecule has 0 aliphatic heterocycles. The molecular weight excluding hydrogens is 1010 g/mol. The molecule has 0 saturated carbocycles. The Labute approximate surface area is 433 Å². The first kappa shape index (κ1) is 44.1. The van der Waals surface area contributed by atoms with E-state index in [0.717, 1.165) is 52.6 Å². The van der Waals surface area contributed by atoms with E-state index >= 15 is 0 Å². The third-order valence-electron chi connectivity index (χ3n) is 15.5. The summed E-state index contributed by atoms with van der Waals surface area (Å²) in [6.07, 6.45) is 0. The van der Waals surface area contributed by atoms with Crippen molar-refractivity contribution in [2.75, 3.05) is 0 Å². The molecule has 0 fully saturated rings. The number of thiophene rings is 1. The molecule has 0 spiro atoms. The molecule has 2 nitrogen and oxygen atoms in total. The van der Waals surface area contributed by atoms with Gasteiger partial charge in [0.1, 0.15) is 22.3 Å². The van der Waals surface area contributed by atoms with E-state index < -0.39 is 0 Å². The summed E-state index contributed by atoms with van der Waals surface area (Å²) in [6.45, 7) is 13.6. The first-order chi connectivity index (χ1) is 33.6. The molecule has 0 unspecified atom stereocenters. The Bertz CT molecular complexity index is 4040. The lowest BCUT2D eigenvalue weighted by atomic mass is 9.82. The van der Waals surface area contributed by atoms with Gasteiger partial charge in [-0.1, -0.05) is 179 Å². The van der Waals surface area contributed by atoms with Crippen LogP contribution >= 0.6 is 62.1 Å². The van der Waals surface area contributed by atoms with Gasteiger partial charge in [0.15, 0.2) is 0 Å². The van der Waals surface area contributed by atoms with Gasteiger partial charge in [0, 0.05) is 89.7 Å². The highest BCUT2D eigenvalue weighted by molar-refractivity contribution is 9.10. The lowest BCUT2D eigenvalue weighted by Gasteiger charge is -2.21. The zero-order chi connectivity index (χ0) is 48.2. The Kier molecular flexibility index (Phi) is 9.82. The Morgan fingerprint density at radius 2 is 0.829 bits per heavy atom. The third-order valence-corrected chi connectivity index (χ3v) is 18.0. The molecular formula is C63H44BrCl3O2S. The predicted molar refractivity (Wildman–Crippen MR) is 302 cm³/mol. The summed E-state index contributed by atoms with van der Waals surface area (Å²) in [5.41, 5.74) is 19.1. The van der Waals surface area contributed by atoms with Crippen LogP contribution in [0.25, 0.3) is 97.4 Å². The predicted octanol–water partition coefficient (Wildman–Crippen LogP) is 20.9. The van der Waals surface area contributed by atoms with Crippen LogP contribution in [0.1, 0.15) is 74.9 Å². The Morgan fingerprint density at radius 3 is 1.41 bits per heavy atom. The van der Waals surface area contributed by atoms with Crippen LogP contribution in [0.2, 0.25) is 15.1 Å². The van der Waals surface area contributed by atoms with Gasteiger partial charge in [-0.25, -0.2) is 0 Å². The normalized spacial score (nSPS) is 15.1. The average Bonchev–Trinajstić information content (AvgIpc) is 4.16. The third kappa shape index (κ3) is 6.29. The number of rotatable bonds is 0. The fourth-order valence-electron chi connectivity index (χ4n) is 12.0. The van der Waals surface area contributed by atoms with Crippen LogP contribution in [-0.2, 0) is 16.2 Å². The number of hydrogen-bond donors (Lipinski definition) is 0. The Hall–Kier alpha value is -5.85. The van der Waals surface area contributed by atoms with Crippen molar-refractivity contribution in [1.82, 2.24) is 0 Å². The number of fused-ring (bicyclic) bond motifs is 21. The summed E-state index contributed by atoms with van der Waals surface area (Å²) in [5, 5.41) is 9.74. The van der Waals surface area contributed by atoms with Crippen LogP contribution in [0, 0.1) is 0 Å². The van der Waals surface area contributed by atoms with Gasteiger partial charge in [-0.3, -0.25) is 0 Å². The van der Waals surface area contributed by atoms with E-state index in [2.05, 4.69) is 173 Å². The second kappa shape index (κ2) is 15.6. The molecule has 9 aromatic carbocycles. The highest BCUT2D eigenvalue weighted by Crippen LogP contribution is 2.56. The maximum atomic E-state index is 6.33. The largest absolute Gasteiger partial charge is 0.455 e. The molecule has 0 atom stereocenters. The monoisotopic (exact) mass is 1050 g/mol. The molecule has 0 amide bonds. The Balaban J connectivity index is 0.000000103. The van der Waals surface area contributed by atoms with E-state index in [1.807, 2.05) is 53.8 Å². The van der Waals surface area contributed by atoms with Crippen molar-refractivity contribution < 1.29 is 8.83 Å². The van der Waals surface area contributed by atoms with Crippen LogP contribution in [0.3, 0.4) is 0 Å². The maximum absolute atomic E-state index is 6.33. The van der Waals surface area contributed by atoms with Gasteiger partial charge in [0.05, 0.1) is 4.47 Å². The van der Waals surface area contributed by atoms with Crippen molar-refractivity contribution in [3.05, 3.63) is 211 Å². The summed E-state index contributed by atoms with van der Waals surface area (Å²) >= 11 is 24.3. The van der Waals surface area contributed by atoms with E-state index in [4.69, 9.17) is 43.6 Å². The minimum absolute atomic E-state index is 0.0000683. The first-order valence-electron chi connectivity index (χ1n) is 23.6. The molecule has 3 aliphatic rings. The van der Waals surface area contributed by atoms with Crippen molar-refractivity contribution in [3.63, 3.8) is 0 Å². The number of para-hydroxylation sites is 2. The lowest BCUT2D eigenvalue weighted by Crippen LogP contribution is -2.14. The van der Waals surface area contributed by atoms with Gasteiger partial charge in [0.2, 0.25) is 0 Å². The highest BCUT2D eigenvalue weighted by Gasteiger charge is 2.40. The van der Waals surface area contributed by atoms with Crippen LogP contribution in [0.4, 0.5) is 0 Å². The molecule has 0 radical (unpaired) electrons. The van der Waals surface area contributed by atoms with Gasteiger partial charge < -0.3 is 8.83 Å². The molecule has 0 N–H and O–H groups in total. The molecule has 0 bridgehead atoms. The molecule has 3 aromatic heterocycles. The number of hydrogen-bond acceptors (Lipinski definition) is 3. The highest BCUT2D eigenvalue weighted by atomic mass is 79.9. The van der Waals surface area contributed by atoms with Gasteiger partial charge >= 0.3 is 0 Å². The molecule has 3 aliphatic carbocycles. The molecule has 3 heterocycles. The van der Waals surface area contributed by atoms with E-state index in [-0.39, 0.29) is 16.2 Å². The van der Waals surface area contributed by atoms with Gasteiger partial charge in [-0.05, 0) is 121 Å². The van der Waals surface area contributed by atoms with E-state index in [0.29, 0.717) is 0 Å². The van der Waals surface area contributed by atoms with Crippen LogP contribution in [0.5, 0.6) is 0 Å². The molecule has 70 heavy (non-hydrogen) atoms. The van der Waals surface area contributed by atoms with Gasteiger partial charge in [-0.15, -0.1) is 11.3 Å².